The maximum absolute atomic E-state index is 11.1. The molecule has 0 radical (unpaired) electrons. The van der Waals surface area contributed by atoms with Crippen LogP contribution in [0.5, 0.6) is 0 Å². The molecule has 0 aliphatic heterocycles. The standard InChI is InChI=1S/C12H18N2O2/c1-8(2)14-10-7-5-3-4-6-9(10)13-11(14)12(15)16/h8H,3-7H2,1-2H3,(H,15,16). The van der Waals surface area contributed by atoms with Crippen molar-refractivity contribution in [3.8, 4) is 0 Å². The van der Waals surface area contributed by atoms with Gasteiger partial charge in [-0.1, -0.05) is 6.42 Å². The maximum Gasteiger partial charge on any atom is 0.372 e. The number of aromatic carboxylic acids is 1. The van der Waals surface area contributed by atoms with Crippen LogP contribution < -0.4 is 0 Å². The van der Waals surface area contributed by atoms with Crippen LogP contribution in [-0.2, 0) is 12.8 Å². The van der Waals surface area contributed by atoms with E-state index < -0.39 is 5.97 Å². The van der Waals surface area contributed by atoms with E-state index in [-0.39, 0.29) is 11.9 Å². The van der Waals surface area contributed by atoms with E-state index >= 15 is 0 Å². The summed E-state index contributed by atoms with van der Waals surface area (Å²) >= 11 is 0. The number of fused-ring (bicyclic) bond motifs is 1. The summed E-state index contributed by atoms with van der Waals surface area (Å²) in [7, 11) is 0. The molecule has 16 heavy (non-hydrogen) atoms. The van der Waals surface area contributed by atoms with Gasteiger partial charge in [0.25, 0.3) is 0 Å². The first-order valence-electron chi connectivity index (χ1n) is 5.94. The predicted octanol–water partition coefficient (Wildman–Crippen LogP) is 2.43. The molecule has 0 saturated carbocycles. The fourth-order valence-electron chi connectivity index (χ4n) is 2.45. The molecule has 0 amide bonds. The van der Waals surface area contributed by atoms with Crippen LogP contribution in [0.2, 0.25) is 0 Å². The Hall–Kier alpha value is -1.32. The van der Waals surface area contributed by atoms with Gasteiger partial charge in [-0.25, -0.2) is 9.78 Å². The zero-order valence-corrected chi connectivity index (χ0v) is 9.86. The Kier molecular flexibility index (Phi) is 2.99. The Morgan fingerprint density at radius 1 is 1.31 bits per heavy atom. The highest BCUT2D eigenvalue weighted by Gasteiger charge is 2.23. The number of aromatic nitrogens is 2. The average Bonchev–Trinajstić information content (AvgIpc) is 2.43. The lowest BCUT2D eigenvalue weighted by Gasteiger charge is -2.13. The minimum absolute atomic E-state index is 0.167. The van der Waals surface area contributed by atoms with Crippen molar-refractivity contribution >= 4 is 5.97 Å². The number of hydrogen-bond donors (Lipinski definition) is 1. The third kappa shape index (κ3) is 1.84. The number of nitrogens with zero attached hydrogens (tertiary/aromatic N) is 2. The molecule has 1 aliphatic carbocycles. The van der Waals surface area contributed by atoms with Gasteiger partial charge >= 0.3 is 5.97 Å². The number of carbonyl (C=O) groups is 1. The van der Waals surface area contributed by atoms with Crippen molar-refractivity contribution in [2.45, 2.75) is 52.0 Å². The van der Waals surface area contributed by atoms with Crippen LogP contribution in [0.1, 0.15) is 61.2 Å². The summed E-state index contributed by atoms with van der Waals surface area (Å²) in [4.78, 5) is 15.4. The molecule has 0 atom stereocenters. The normalized spacial score (nSPS) is 15.9. The Balaban J connectivity index is 2.52. The molecule has 1 aliphatic rings. The van der Waals surface area contributed by atoms with Gasteiger partial charge in [0.1, 0.15) is 0 Å². The van der Waals surface area contributed by atoms with Crippen LogP contribution in [-0.4, -0.2) is 20.6 Å². The largest absolute Gasteiger partial charge is 0.475 e. The number of imidazole rings is 1. The van der Waals surface area contributed by atoms with Crippen LogP contribution in [0.15, 0.2) is 0 Å². The lowest BCUT2D eigenvalue weighted by molar-refractivity contribution is 0.0675. The summed E-state index contributed by atoms with van der Waals surface area (Å²) in [6.07, 6.45) is 5.38. The number of hydrogen-bond acceptors (Lipinski definition) is 2. The Bertz CT molecular complexity index is 407. The quantitative estimate of drug-likeness (QED) is 0.782. The summed E-state index contributed by atoms with van der Waals surface area (Å²) in [6.45, 7) is 4.03. The molecule has 1 aromatic rings. The van der Waals surface area contributed by atoms with E-state index in [2.05, 4.69) is 4.98 Å². The van der Waals surface area contributed by atoms with E-state index in [1.165, 1.54) is 6.42 Å². The number of carboxylic acids is 1. The van der Waals surface area contributed by atoms with Gasteiger partial charge in [-0.15, -0.1) is 0 Å². The van der Waals surface area contributed by atoms with Gasteiger partial charge in [0.2, 0.25) is 5.82 Å². The van der Waals surface area contributed by atoms with Crippen LogP contribution in [0.4, 0.5) is 0 Å². The smallest absolute Gasteiger partial charge is 0.372 e. The second-order valence-corrected chi connectivity index (χ2v) is 4.66. The van der Waals surface area contributed by atoms with Gasteiger partial charge < -0.3 is 9.67 Å². The van der Waals surface area contributed by atoms with E-state index in [4.69, 9.17) is 5.11 Å². The minimum Gasteiger partial charge on any atom is -0.475 e. The van der Waals surface area contributed by atoms with Gasteiger partial charge in [-0.05, 0) is 39.5 Å². The zero-order chi connectivity index (χ0) is 11.7. The number of carboxylic acid groups (broad SMARTS) is 1. The Morgan fingerprint density at radius 3 is 2.62 bits per heavy atom. The monoisotopic (exact) mass is 222 g/mol. The summed E-state index contributed by atoms with van der Waals surface area (Å²) < 4.78 is 1.89. The molecule has 0 spiro atoms. The van der Waals surface area contributed by atoms with Gasteiger partial charge in [0.15, 0.2) is 0 Å². The third-order valence-corrected chi connectivity index (χ3v) is 3.13. The summed E-state index contributed by atoms with van der Waals surface area (Å²) in [5.74, 6) is -0.705. The van der Waals surface area contributed by atoms with Crippen molar-refractivity contribution in [2.24, 2.45) is 0 Å². The molecule has 0 unspecified atom stereocenters. The molecule has 4 nitrogen and oxygen atoms in total. The van der Waals surface area contributed by atoms with Crippen molar-refractivity contribution in [1.29, 1.82) is 0 Å². The first kappa shape index (κ1) is 11.2. The van der Waals surface area contributed by atoms with Crippen LogP contribution in [0.3, 0.4) is 0 Å². The third-order valence-electron chi connectivity index (χ3n) is 3.13. The topological polar surface area (TPSA) is 55.1 Å². The molecule has 4 heteroatoms. The lowest BCUT2D eigenvalue weighted by atomic mass is 10.2. The highest BCUT2D eigenvalue weighted by Crippen LogP contribution is 2.24. The van der Waals surface area contributed by atoms with Crippen LogP contribution >= 0.6 is 0 Å². The van der Waals surface area contributed by atoms with Crippen molar-refractivity contribution in [3.63, 3.8) is 0 Å². The van der Waals surface area contributed by atoms with Crippen molar-refractivity contribution in [2.75, 3.05) is 0 Å². The number of aryl methyl sites for hydroxylation is 1. The van der Waals surface area contributed by atoms with E-state index in [1.54, 1.807) is 0 Å². The summed E-state index contributed by atoms with van der Waals surface area (Å²) in [5, 5.41) is 9.15. The van der Waals surface area contributed by atoms with Gasteiger partial charge in [0, 0.05) is 11.7 Å². The highest BCUT2D eigenvalue weighted by atomic mass is 16.4. The minimum atomic E-state index is -0.915. The molecule has 0 saturated heterocycles. The van der Waals surface area contributed by atoms with E-state index in [0.29, 0.717) is 0 Å². The van der Waals surface area contributed by atoms with Crippen molar-refractivity contribution in [3.05, 3.63) is 17.2 Å². The van der Waals surface area contributed by atoms with Gasteiger partial charge in [-0.2, -0.15) is 0 Å². The van der Waals surface area contributed by atoms with Crippen molar-refractivity contribution in [1.82, 2.24) is 9.55 Å². The predicted molar refractivity (Wildman–Crippen MR) is 60.8 cm³/mol. The first-order chi connectivity index (χ1) is 7.61. The summed E-state index contributed by atoms with van der Waals surface area (Å²) in [6, 6.07) is 0.167. The van der Waals surface area contributed by atoms with Gasteiger partial charge in [-0.3, -0.25) is 0 Å². The average molecular weight is 222 g/mol. The maximum atomic E-state index is 11.1. The zero-order valence-electron chi connectivity index (χ0n) is 9.86. The fraction of sp³-hybridized carbons (Fsp3) is 0.667. The highest BCUT2D eigenvalue weighted by molar-refractivity contribution is 5.84. The molecule has 1 aromatic heterocycles. The van der Waals surface area contributed by atoms with Crippen molar-refractivity contribution < 1.29 is 9.90 Å². The van der Waals surface area contributed by atoms with Crippen LogP contribution in [0.25, 0.3) is 0 Å². The molecular weight excluding hydrogens is 204 g/mol. The molecule has 2 rings (SSSR count). The fourth-order valence-corrected chi connectivity index (χ4v) is 2.45. The lowest BCUT2D eigenvalue weighted by Crippen LogP contribution is -2.14. The second-order valence-electron chi connectivity index (χ2n) is 4.66. The Labute approximate surface area is 95.3 Å². The molecule has 0 bridgehead atoms. The van der Waals surface area contributed by atoms with Crippen LogP contribution in [0, 0.1) is 0 Å². The molecular formula is C12H18N2O2. The molecule has 88 valence electrons. The van der Waals surface area contributed by atoms with E-state index in [1.807, 2.05) is 18.4 Å². The SMILES string of the molecule is CC(C)n1c(C(=O)O)nc2c1CCCCC2. The number of rotatable bonds is 2. The molecule has 0 aromatic carbocycles. The molecule has 1 N–H and O–H groups in total. The first-order valence-corrected chi connectivity index (χ1v) is 5.94. The second kappa shape index (κ2) is 4.28. The van der Waals surface area contributed by atoms with E-state index in [9.17, 15) is 4.79 Å². The molecule has 1 heterocycles. The van der Waals surface area contributed by atoms with Gasteiger partial charge in [0.05, 0.1) is 5.69 Å². The molecule has 0 fully saturated rings. The van der Waals surface area contributed by atoms with E-state index in [0.717, 1.165) is 37.1 Å². The Morgan fingerprint density at radius 2 is 2.00 bits per heavy atom. The summed E-state index contributed by atoms with van der Waals surface area (Å²) in [5.41, 5.74) is 2.15.